The number of alkyl halides is 2. The van der Waals surface area contributed by atoms with Crippen molar-refractivity contribution in [1.82, 2.24) is 30.6 Å². The number of fused-ring (bicyclic) bond motifs is 1. The molecule has 2 aromatic carbocycles. The molecule has 1 aliphatic heterocycles. The molecule has 0 radical (unpaired) electrons. The third-order valence-electron chi connectivity index (χ3n) is 10.6. The first-order chi connectivity index (χ1) is 28.2. The average Bonchev–Trinajstić information content (AvgIpc) is 3.53. The van der Waals surface area contributed by atoms with Gasteiger partial charge in [-0.3, -0.25) is 15.2 Å². The molecular weight excluding hydrogens is 755 g/mol. The summed E-state index contributed by atoms with van der Waals surface area (Å²) in [6, 6.07) is 14.4. The van der Waals surface area contributed by atoms with Crippen LogP contribution >= 0.6 is 0 Å². The summed E-state index contributed by atoms with van der Waals surface area (Å²) in [5.41, 5.74) is 9.58. The number of rotatable bonds is 18. The number of benzene rings is 2. The first kappa shape index (κ1) is 49.0. The van der Waals surface area contributed by atoms with E-state index >= 15 is 0 Å². The largest absolute Gasteiger partial charge is 0.467 e. The second kappa shape index (κ2) is 24.0. The Morgan fingerprint density at radius 2 is 1.73 bits per heavy atom. The van der Waals surface area contributed by atoms with Crippen LogP contribution in [0.1, 0.15) is 89.3 Å². The van der Waals surface area contributed by atoms with Gasteiger partial charge in [0.2, 0.25) is 0 Å². The van der Waals surface area contributed by atoms with Gasteiger partial charge in [0, 0.05) is 67.4 Å². The molecule has 324 valence electrons. The minimum Gasteiger partial charge on any atom is -0.467 e. The molecule has 3 atom stereocenters. The third kappa shape index (κ3) is 13.8. The van der Waals surface area contributed by atoms with Crippen LogP contribution in [-0.2, 0) is 43.2 Å². The predicted molar refractivity (Wildman–Crippen MR) is 232 cm³/mol. The Bertz CT molecular complexity index is 1930. The highest BCUT2D eigenvalue weighted by atomic mass is 19.3. The smallest absolute Gasteiger partial charge is 0.293 e. The highest BCUT2D eigenvalue weighted by molar-refractivity contribution is 5.95. The van der Waals surface area contributed by atoms with Crippen LogP contribution in [0.25, 0.3) is 33.3 Å². The monoisotopic (exact) mass is 821 g/mol. The van der Waals surface area contributed by atoms with Crippen LogP contribution < -0.4 is 16.1 Å². The molecule has 1 fully saturated rings. The Kier molecular flexibility index (Phi) is 19.9. The van der Waals surface area contributed by atoms with Gasteiger partial charge in [-0.05, 0) is 112 Å². The van der Waals surface area contributed by atoms with Crippen molar-refractivity contribution in [1.29, 1.82) is 0 Å². The molecule has 1 saturated heterocycles. The Morgan fingerprint density at radius 3 is 2.24 bits per heavy atom. The number of pyridine rings is 1. The fourth-order valence-corrected chi connectivity index (χ4v) is 7.24. The SMILES string of the molecule is CCn1c(-c2cccnc2C(C)OC)c(CC(C)(C)COC=O)c2cc(-c3cc(CC(C=O)NC)cc(C(F)F)c3)ccc21.CN1CCCCN1.CNC(C=O)C(C)C. The topological polar surface area (TPSA) is 127 Å². The van der Waals surface area contributed by atoms with Crippen molar-refractivity contribution in [2.75, 3.05) is 47.9 Å². The Balaban J connectivity index is 0.000000519. The van der Waals surface area contributed by atoms with Crippen LogP contribution in [0.3, 0.4) is 0 Å². The zero-order valence-electron chi connectivity index (χ0n) is 36.6. The molecule has 3 unspecified atom stereocenters. The maximum Gasteiger partial charge on any atom is 0.293 e. The minimum absolute atomic E-state index is 0.0231. The summed E-state index contributed by atoms with van der Waals surface area (Å²) >= 11 is 0. The second-order valence-corrected chi connectivity index (χ2v) is 16.1. The van der Waals surface area contributed by atoms with Crippen LogP contribution in [0.4, 0.5) is 8.78 Å². The number of hydrogen-bond donors (Lipinski definition) is 3. The number of methoxy groups -OCH3 is 1. The molecule has 0 saturated carbocycles. The molecule has 0 spiro atoms. The first-order valence-electron chi connectivity index (χ1n) is 20.5. The van der Waals surface area contributed by atoms with E-state index in [-0.39, 0.29) is 24.3 Å². The fraction of sp³-hybridized carbons (Fsp3) is 0.522. The lowest BCUT2D eigenvalue weighted by atomic mass is 9.84. The summed E-state index contributed by atoms with van der Waals surface area (Å²) in [7, 11) is 7.20. The Hall–Kier alpha value is -4.40. The molecule has 3 N–H and O–H groups in total. The standard InChI is InChI=1S/C35H41F2N3O4.C6H13NO.C5H12N2/c1-7-40-31-11-10-24(25-13-23(15-27(19-41)38-5)14-26(16-25)34(36)37)17-29(31)30(18-35(3,4)20-44-21-42)33(40)28-9-8-12-39-32(28)22(2)43-6;1-5(2)6(4-8)7-3;1-7-5-3-2-4-6-7/h8-14,16-17,19,21-22,27,34,38H,7,15,18,20H2,1-6H3;4-7H,1-3H3;6H,2-5H2,1H3. The normalized spacial score (nSPS) is 14.8. The van der Waals surface area contributed by atoms with Gasteiger partial charge in [0.25, 0.3) is 12.9 Å². The lowest BCUT2D eigenvalue weighted by molar-refractivity contribution is -0.131. The molecule has 1 aliphatic rings. The average molecular weight is 821 g/mol. The molecule has 4 aromatic rings. The number of ether oxygens (including phenoxy) is 2. The van der Waals surface area contributed by atoms with Gasteiger partial charge in [-0.25, -0.2) is 13.8 Å². The summed E-state index contributed by atoms with van der Waals surface area (Å²) in [4.78, 5) is 37.4. The van der Waals surface area contributed by atoms with E-state index in [2.05, 4.69) is 50.7 Å². The van der Waals surface area contributed by atoms with Crippen molar-refractivity contribution in [3.05, 3.63) is 77.1 Å². The Labute approximate surface area is 349 Å². The molecule has 0 aliphatic carbocycles. The summed E-state index contributed by atoms with van der Waals surface area (Å²) in [6.45, 7) is 15.9. The second-order valence-electron chi connectivity index (χ2n) is 16.1. The number of nitrogens with zero attached hydrogens (tertiary/aromatic N) is 3. The first-order valence-corrected chi connectivity index (χ1v) is 20.5. The molecule has 59 heavy (non-hydrogen) atoms. The zero-order chi connectivity index (χ0) is 43.7. The fourth-order valence-electron chi connectivity index (χ4n) is 7.24. The molecule has 13 heteroatoms. The van der Waals surface area contributed by atoms with Crippen molar-refractivity contribution < 1.29 is 32.6 Å². The summed E-state index contributed by atoms with van der Waals surface area (Å²) < 4.78 is 41.2. The van der Waals surface area contributed by atoms with E-state index in [4.69, 9.17) is 9.47 Å². The van der Waals surface area contributed by atoms with Crippen LogP contribution in [-0.4, -0.2) is 93.6 Å². The van der Waals surface area contributed by atoms with Crippen molar-refractivity contribution in [2.45, 2.75) is 98.4 Å². The van der Waals surface area contributed by atoms with Gasteiger partial charge in [0.15, 0.2) is 0 Å². The van der Waals surface area contributed by atoms with Crippen molar-refractivity contribution >= 4 is 29.9 Å². The van der Waals surface area contributed by atoms with E-state index < -0.39 is 17.9 Å². The van der Waals surface area contributed by atoms with Crippen molar-refractivity contribution in [3.63, 3.8) is 0 Å². The molecule has 0 bridgehead atoms. The predicted octanol–water partition coefficient (Wildman–Crippen LogP) is 7.75. The van der Waals surface area contributed by atoms with Crippen molar-refractivity contribution in [3.8, 4) is 22.4 Å². The molecule has 11 nitrogen and oxygen atoms in total. The van der Waals surface area contributed by atoms with Crippen LogP contribution in [0, 0.1) is 11.3 Å². The summed E-state index contributed by atoms with van der Waals surface area (Å²) in [6.07, 6.45) is 4.12. The van der Waals surface area contributed by atoms with Gasteiger partial charge >= 0.3 is 0 Å². The van der Waals surface area contributed by atoms with E-state index in [9.17, 15) is 23.2 Å². The number of carbonyl (C=O) groups is 3. The van der Waals surface area contributed by atoms with Crippen LogP contribution in [0.5, 0.6) is 0 Å². The summed E-state index contributed by atoms with van der Waals surface area (Å²) in [5, 5.41) is 8.92. The number of nitrogens with one attached hydrogen (secondary N) is 3. The van der Waals surface area contributed by atoms with Gasteiger partial charge in [-0.15, -0.1) is 0 Å². The number of hydrazine groups is 1. The van der Waals surface area contributed by atoms with Gasteiger partial charge in [-0.1, -0.05) is 45.9 Å². The maximum atomic E-state index is 14.0. The zero-order valence-corrected chi connectivity index (χ0v) is 36.6. The maximum absolute atomic E-state index is 14.0. The molecule has 2 aromatic heterocycles. The summed E-state index contributed by atoms with van der Waals surface area (Å²) in [5.74, 6) is 0.400. The van der Waals surface area contributed by atoms with Crippen LogP contribution in [0.2, 0.25) is 0 Å². The highest BCUT2D eigenvalue weighted by Crippen LogP contribution is 2.42. The number of likely N-dealkylation sites (N-methyl/N-ethyl adjacent to an activating group) is 2. The molecular formula is C46H66F2N6O5. The highest BCUT2D eigenvalue weighted by Gasteiger charge is 2.29. The van der Waals surface area contributed by atoms with Gasteiger partial charge in [-0.2, -0.15) is 0 Å². The van der Waals surface area contributed by atoms with Gasteiger partial charge < -0.3 is 34.3 Å². The number of aromatic nitrogens is 2. The third-order valence-corrected chi connectivity index (χ3v) is 10.6. The van der Waals surface area contributed by atoms with Crippen molar-refractivity contribution in [2.24, 2.45) is 11.3 Å². The number of hydrogen-bond acceptors (Lipinski definition) is 10. The molecule has 5 rings (SSSR count). The number of aryl methyl sites for hydroxylation is 1. The van der Waals surface area contributed by atoms with Crippen LogP contribution in [0.15, 0.2) is 54.7 Å². The number of aldehydes is 2. The quantitative estimate of drug-likeness (QED) is 0.0859. The molecule has 0 amide bonds. The van der Waals surface area contributed by atoms with E-state index in [1.54, 1.807) is 27.4 Å². The lowest BCUT2D eigenvalue weighted by Crippen LogP contribution is -2.39. The number of carbonyl (C=O) groups excluding carboxylic acids is 3. The van der Waals surface area contributed by atoms with Gasteiger partial charge in [0.1, 0.15) is 12.6 Å². The molecule has 3 heterocycles. The van der Waals surface area contributed by atoms with E-state index in [0.717, 1.165) is 58.1 Å². The minimum atomic E-state index is -2.66. The Morgan fingerprint density at radius 1 is 0.983 bits per heavy atom. The number of halogens is 2. The van der Waals surface area contributed by atoms with E-state index in [1.807, 2.05) is 65.0 Å². The van der Waals surface area contributed by atoms with E-state index in [0.29, 0.717) is 42.9 Å². The van der Waals surface area contributed by atoms with E-state index in [1.165, 1.54) is 31.5 Å². The lowest BCUT2D eigenvalue weighted by Gasteiger charge is -2.25. The van der Waals surface area contributed by atoms with Gasteiger partial charge in [0.05, 0.1) is 36.2 Å².